The maximum absolute atomic E-state index is 13.2. The Labute approximate surface area is 206 Å². The van der Waals surface area contributed by atoms with Gasteiger partial charge >= 0.3 is 0 Å². The molecule has 1 atom stereocenters. The van der Waals surface area contributed by atoms with E-state index in [-0.39, 0.29) is 17.5 Å². The van der Waals surface area contributed by atoms with Gasteiger partial charge in [-0.3, -0.25) is 14.9 Å². The number of sulfonamides is 1. The van der Waals surface area contributed by atoms with Crippen LogP contribution in [0.1, 0.15) is 18.4 Å². The van der Waals surface area contributed by atoms with Gasteiger partial charge in [0.2, 0.25) is 16.4 Å². The van der Waals surface area contributed by atoms with E-state index in [0.717, 1.165) is 25.3 Å². The van der Waals surface area contributed by atoms with Crippen LogP contribution in [0.5, 0.6) is 0 Å². The molecule has 0 radical (unpaired) electrons. The van der Waals surface area contributed by atoms with Crippen molar-refractivity contribution in [3.05, 3.63) is 66.0 Å². The van der Waals surface area contributed by atoms with E-state index in [1.165, 1.54) is 22.0 Å². The summed E-state index contributed by atoms with van der Waals surface area (Å²) in [5.74, 6) is -0.717. The zero-order valence-electron chi connectivity index (χ0n) is 19.7. The van der Waals surface area contributed by atoms with E-state index in [0.29, 0.717) is 50.5 Å². The van der Waals surface area contributed by atoms with Gasteiger partial charge in [-0.25, -0.2) is 17.9 Å². The van der Waals surface area contributed by atoms with Crippen LogP contribution in [0.15, 0.2) is 54.6 Å². The normalized spacial score (nSPS) is 19.4. The number of hydrogen-bond donors (Lipinski definition) is 1. The molecule has 2 aliphatic rings. The Bertz CT molecular complexity index is 1050. The number of nitrogens with zero attached hydrogens (tertiary/aromatic N) is 4. The van der Waals surface area contributed by atoms with Crippen molar-refractivity contribution in [1.29, 1.82) is 0 Å². The van der Waals surface area contributed by atoms with Gasteiger partial charge in [-0.2, -0.15) is 4.31 Å². The van der Waals surface area contributed by atoms with Crippen molar-refractivity contribution in [3.8, 4) is 0 Å². The van der Waals surface area contributed by atoms with Crippen LogP contribution >= 0.6 is 0 Å². The van der Waals surface area contributed by atoms with Gasteiger partial charge in [0.25, 0.3) is 0 Å². The predicted octanol–water partition coefficient (Wildman–Crippen LogP) is 2.41. The van der Waals surface area contributed by atoms with Crippen LogP contribution in [0, 0.1) is 11.7 Å². The number of amides is 1. The van der Waals surface area contributed by atoms with Gasteiger partial charge in [0, 0.05) is 38.4 Å². The lowest BCUT2D eigenvalue weighted by Gasteiger charge is -2.39. The first-order chi connectivity index (χ1) is 16.9. The second-order valence-electron chi connectivity index (χ2n) is 9.29. The average molecular weight is 505 g/mol. The van der Waals surface area contributed by atoms with Gasteiger partial charge in [-0.15, -0.1) is 0 Å². The highest BCUT2D eigenvalue weighted by molar-refractivity contribution is 7.89. The maximum Gasteiger partial charge on any atom is 0.233 e. The minimum absolute atomic E-state index is 0.104. The van der Waals surface area contributed by atoms with E-state index in [9.17, 15) is 22.8 Å². The Balaban J connectivity index is 1.34. The Morgan fingerprint density at radius 3 is 2.20 bits per heavy atom. The van der Waals surface area contributed by atoms with Crippen LogP contribution in [0.2, 0.25) is 0 Å². The summed E-state index contributed by atoms with van der Waals surface area (Å²) < 4.78 is 41.1. The number of halogens is 1. The SMILES string of the molecule is O=CN(O)C(CS(=O)(=O)N1CCN(c2ccc(F)cc2)CC1)C1CCN(Cc2ccccc2)CC1. The van der Waals surface area contributed by atoms with Crippen LogP contribution in [0.4, 0.5) is 10.1 Å². The highest BCUT2D eigenvalue weighted by Gasteiger charge is 2.37. The zero-order chi connectivity index (χ0) is 24.8. The molecule has 8 nitrogen and oxygen atoms in total. The molecule has 2 saturated heterocycles. The maximum atomic E-state index is 13.2. The number of carbonyl (C=O) groups is 1. The first-order valence-electron chi connectivity index (χ1n) is 12.0. The third-order valence-electron chi connectivity index (χ3n) is 7.08. The largest absolute Gasteiger partial charge is 0.369 e. The summed E-state index contributed by atoms with van der Waals surface area (Å²) in [4.78, 5) is 15.7. The lowest BCUT2D eigenvalue weighted by molar-refractivity contribution is -0.164. The van der Waals surface area contributed by atoms with E-state index in [1.54, 1.807) is 12.1 Å². The highest BCUT2D eigenvalue weighted by Crippen LogP contribution is 2.27. The molecule has 2 heterocycles. The van der Waals surface area contributed by atoms with Crippen LogP contribution in [0.3, 0.4) is 0 Å². The molecule has 2 fully saturated rings. The van der Waals surface area contributed by atoms with Crippen LogP contribution in [0.25, 0.3) is 0 Å². The number of hydrogen-bond acceptors (Lipinski definition) is 6. The monoisotopic (exact) mass is 504 g/mol. The molecule has 0 bridgehead atoms. The fourth-order valence-corrected chi connectivity index (χ4v) is 6.83. The number of carbonyl (C=O) groups excluding carboxylic acids is 1. The predicted molar refractivity (Wildman–Crippen MR) is 132 cm³/mol. The zero-order valence-corrected chi connectivity index (χ0v) is 20.6. The van der Waals surface area contributed by atoms with E-state index in [1.807, 2.05) is 23.1 Å². The lowest BCUT2D eigenvalue weighted by atomic mass is 9.90. The molecule has 2 aromatic carbocycles. The Morgan fingerprint density at radius 2 is 1.60 bits per heavy atom. The smallest absolute Gasteiger partial charge is 0.233 e. The molecule has 10 heteroatoms. The number of hydroxylamine groups is 2. The molecule has 0 aliphatic carbocycles. The summed E-state index contributed by atoms with van der Waals surface area (Å²) in [5, 5.41) is 10.8. The molecule has 2 aliphatic heterocycles. The van der Waals surface area contributed by atoms with Gasteiger partial charge in [0.1, 0.15) is 5.82 Å². The standard InChI is InChI=1S/C25H33FN4O4S/c26-23-6-8-24(9-7-23)28-14-16-29(17-15-28)35(33,34)19-25(30(32)20-31)22-10-12-27(13-11-22)18-21-4-2-1-3-5-21/h1-9,20,22,25,32H,10-19H2. The molecule has 2 aromatic rings. The topological polar surface area (TPSA) is 84.4 Å². The highest BCUT2D eigenvalue weighted by atomic mass is 32.2. The van der Waals surface area contributed by atoms with Crippen LogP contribution in [-0.4, -0.2) is 85.4 Å². The van der Waals surface area contributed by atoms with E-state index in [2.05, 4.69) is 17.0 Å². The van der Waals surface area contributed by atoms with Gasteiger partial charge in [-0.1, -0.05) is 30.3 Å². The third-order valence-corrected chi connectivity index (χ3v) is 8.99. The van der Waals surface area contributed by atoms with Crippen molar-refractivity contribution in [1.82, 2.24) is 14.3 Å². The minimum atomic E-state index is -3.69. The van der Waals surface area contributed by atoms with Crippen molar-refractivity contribution >= 4 is 22.1 Å². The number of piperidine rings is 1. The number of rotatable bonds is 9. The van der Waals surface area contributed by atoms with Gasteiger partial charge in [0.15, 0.2) is 0 Å². The minimum Gasteiger partial charge on any atom is -0.369 e. The van der Waals surface area contributed by atoms with Gasteiger partial charge < -0.3 is 4.90 Å². The Morgan fingerprint density at radius 1 is 0.971 bits per heavy atom. The second kappa shape index (κ2) is 11.5. The van der Waals surface area contributed by atoms with Crippen LogP contribution in [-0.2, 0) is 21.4 Å². The average Bonchev–Trinajstić information content (AvgIpc) is 2.88. The molecule has 1 amide bonds. The molecule has 0 aromatic heterocycles. The quantitative estimate of drug-likeness (QED) is 0.321. The summed E-state index contributed by atoms with van der Waals surface area (Å²) in [6.07, 6.45) is 1.72. The fourth-order valence-electron chi connectivity index (χ4n) is 5.04. The number of piperazine rings is 1. The number of anilines is 1. The summed E-state index contributed by atoms with van der Waals surface area (Å²) in [6, 6.07) is 15.5. The molecule has 1 N–H and O–H groups in total. The van der Waals surface area contributed by atoms with Crippen molar-refractivity contribution in [2.24, 2.45) is 5.92 Å². The summed E-state index contributed by atoms with van der Waals surface area (Å²) in [7, 11) is -3.69. The molecule has 190 valence electrons. The third kappa shape index (κ3) is 6.58. The van der Waals surface area contributed by atoms with Crippen molar-refractivity contribution in [3.63, 3.8) is 0 Å². The number of benzene rings is 2. The van der Waals surface area contributed by atoms with Gasteiger partial charge in [-0.05, 0) is 61.7 Å². The van der Waals surface area contributed by atoms with E-state index >= 15 is 0 Å². The van der Waals surface area contributed by atoms with Crippen molar-refractivity contribution in [2.45, 2.75) is 25.4 Å². The molecule has 4 rings (SSSR count). The summed E-state index contributed by atoms with van der Waals surface area (Å²) >= 11 is 0. The van der Waals surface area contributed by atoms with Crippen LogP contribution < -0.4 is 4.90 Å². The van der Waals surface area contributed by atoms with Crippen molar-refractivity contribution in [2.75, 3.05) is 49.9 Å². The summed E-state index contributed by atoms with van der Waals surface area (Å²) in [6.45, 7) is 3.96. The fraction of sp³-hybridized carbons (Fsp3) is 0.480. The second-order valence-corrected chi connectivity index (χ2v) is 11.3. The summed E-state index contributed by atoms with van der Waals surface area (Å²) in [5.41, 5.74) is 2.08. The Kier molecular flexibility index (Phi) is 8.38. The van der Waals surface area contributed by atoms with E-state index in [4.69, 9.17) is 0 Å². The van der Waals surface area contributed by atoms with E-state index < -0.39 is 16.1 Å². The van der Waals surface area contributed by atoms with Crippen molar-refractivity contribution < 1.29 is 22.8 Å². The number of likely N-dealkylation sites (tertiary alicyclic amines) is 1. The molecule has 0 saturated carbocycles. The molecule has 1 unspecified atom stereocenters. The lowest BCUT2D eigenvalue weighted by Crippen LogP contribution is -2.53. The molecular weight excluding hydrogens is 471 g/mol. The molecular formula is C25H33FN4O4S. The van der Waals surface area contributed by atoms with Gasteiger partial charge in [0.05, 0.1) is 11.8 Å². The first kappa shape index (κ1) is 25.6. The molecule has 35 heavy (non-hydrogen) atoms. The first-order valence-corrected chi connectivity index (χ1v) is 13.6. The Hall–Kier alpha value is -2.53. The molecule has 0 spiro atoms.